The van der Waals surface area contributed by atoms with Gasteiger partial charge < -0.3 is 5.32 Å². The van der Waals surface area contributed by atoms with Gasteiger partial charge in [-0.25, -0.2) is 0 Å². The molecule has 0 aromatic heterocycles. The van der Waals surface area contributed by atoms with Gasteiger partial charge in [-0.3, -0.25) is 14.9 Å². The number of hydrogen-bond donors (Lipinski definition) is 1. The van der Waals surface area contributed by atoms with Crippen LogP contribution >= 0.6 is 11.6 Å². The van der Waals surface area contributed by atoms with E-state index >= 15 is 0 Å². The van der Waals surface area contributed by atoms with E-state index in [1.54, 1.807) is 0 Å². The van der Waals surface area contributed by atoms with Gasteiger partial charge in [0.15, 0.2) is 0 Å². The number of non-ortho nitro benzene ring substituents is 1. The van der Waals surface area contributed by atoms with Crippen molar-refractivity contribution in [2.45, 2.75) is 6.18 Å². The smallest absolute Gasteiger partial charge is 0.321 e. The summed E-state index contributed by atoms with van der Waals surface area (Å²) in [5.41, 5.74) is -1.01. The summed E-state index contributed by atoms with van der Waals surface area (Å²) < 4.78 is 37.6. The molecule has 0 spiro atoms. The zero-order valence-electron chi connectivity index (χ0n) is 11.2. The molecule has 0 aliphatic carbocycles. The third-order valence-electron chi connectivity index (χ3n) is 2.88. The van der Waals surface area contributed by atoms with Crippen LogP contribution < -0.4 is 5.32 Å². The molecule has 0 aliphatic heterocycles. The van der Waals surface area contributed by atoms with Gasteiger partial charge in [0.1, 0.15) is 0 Å². The maximum absolute atomic E-state index is 12.5. The molecule has 9 heteroatoms. The second-order valence-electron chi connectivity index (χ2n) is 4.45. The lowest BCUT2D eigenvalue weighted by Gasteiger charge is -2.11. The number of nitrogens with one attached hydrogen (secondary N) is 1. The van der Waals surface area contributed by atoms with E-state index in [1.165, 1.54) is 12.1 Å². The molecule has 0 heterocycles. The Morgan fingerprint density at radius 2 is 1.74 bits per heavy atom. The monoisotopic (exact) mass is 344 g/mol. The van der Waals surface area contributed by atoms with Crippen molar-refractivity contribution in [2.75, 3.05) is 5.32 Å². The standard InChI is InChI=1S/C14H8ClF3N2O3/c15-11-7-9(14(16,17)18)3-6-12(11)19-13(21)8-1-4-10(5-2-8)20(22)23/h1-7H,(H,19,21). The molecule has 0 saturated carbocycles. The van der Waals surface area contributed by atoms with Crippen LogP contribution in [0, 0.1) is 10.1 Å². The number of alkyl halides is 3. The Bertz CT molecular complexity index is 761. The maximum Gasteiger partial charge on any atom is 0.416 e. The fraction of sp³-hybridized carbons (Fsp3) is 0.0714. The minimum atomic E-state index is -4.54. The second-order valence-corrected chi connectivity index (χ2v) is 4.86. The number of carbonyl (C=O) groups excluding carboxylic acids is 1. The summed E-state index contributed by atoms with van der Waals surface area (Å²) in [6.45, 7) is 0. The van der Waals surface area contributed by atoms with Gasteiger partial charge in [-0.05, 0) is 30.3 Å². The first-order valence-electron chi connectivity index (χ1n) is 6.11. The predicted octanol–water partition coefficient (Wildman–Crippen LogP) is 4.52. The number of nitrogens with zero attached hydrogens (tertiary/aromatic N) is 1. The van der Waals surface area contributed by atoms with Crippen molar-refractivity contribution in [3.05, 3.63) is 68.7 Å². The minimum absolute atomic E-state index is 0.00280. The number of hydrogen-bond acceptors (Lipinski definition) is 3. The van der Waals surface area contributed by atoms with Crippen molar-refractivity contribution in [3.8, 4) is 0 Å². The quantitative estimate of drug-likeness (QED) is 0.657. The lowest BCUT2D eigenvalue weighted by Crippen LogP contribution is -2.13. The summed E-state index contributed by atoms with van der Waals surface area (Å²) in [5, 5.41) is 12.6. The van der Waals surface area contributed by atoms with E-state index in [-0.39, 0.29) is 22.0 Å². The molecule has 2 rings (SSSR count). The van der Waals surface area contributed by atoms with Crippen molar-refractivity contribution < 1.29 is 22.9 Å². The van der Waals surface area contributed by atoms with Gasteiger partial charge in [0.25, 0.3) is 11.6 Å². The summed E-state index contributed by atoms with van der Waals surface area (Å²) in [6.07, 6.45) is -4.54. The van der Waals surface area contributed by atoms with Gasteiger partial charge in [0.05, 0.1) is 21.2 Å². The van der Waals surface area contributed by atoms with Crippen molar-refractivity contribution in [3.63, 3.8) is 0 Å². The van der Waals surface area contributed by atoms with Gasteiger partial charge in [0.2, 0.25) is 0 Å². The molecule has 0 aliphatic rings. The highest BCUT2D eigenvalue weighted by atomic mass is 35.5. The number of anilines is 1. The molecule has 23 heavy (non-hydrogen) atoms. The molecular weight excluding hydrogens is 337 g/mol. The van der Waals surface area contributed by atoms with Crippen LogP contribution in [-0.4, -0.2) is 10.8 Å². The molecular formula is C14H8ClF3N2O3. The molecule has 5 nitrogen and oxygen atoms in total. The Morgan fingerprint density at radius 1 is 1.13 bits per heavy atom. The van der Waals surface area contributed by atoms with E-state index in [0.717, 1.165) is 24.3 Å². The molecule has 1 N–H and O–H groups in total. The van der Waals surface area contributed by atoms with Crippen LogP contribution in [-0.2, 0) is 6.18 Å². The molecule has 0 atom stereocenters. The average Bonchev–Trinajstić information content (AvgIpc) is 2.48. The van der Waals surface area contributed by atoms with Crippen LogP contribution in [0.15, 0.2) is 42.5 Å². The van der Waals surface area contributed by atoms with E-state index in [2.05, 4.69) is 5.32 Å². The van der Waals surface area contributed by atoms with Gasteiger partial charge in [-0.15, -0.1) is 0 Å². The van der Waals surface area contributed by atoms with E-state index < -0.39 is 22.6 Å². The lowest BCUT2D eigenvalue weighted by atomic mass is 10.1. The van der Waals surface area contributed by atoms with E-state index in [0.29, 0.717) is 6.07 Å². The fourth-order valence-corrected chi connectivity index (χ4v) is 1.95. The number of rotatable bonds is 3. The molecule has 0 radical (unpaired) electrons. The van der Waals surface area contributed by atoms with Gasteiger partial charge in [0, 0.05) is 17.7 Å². The van der Waals surface area contributed by atoms with Crippen molar-refractivity contribution in [1.82, 2.24) is 0 Å². The van der Waals surface area contributed by atoms with Crippen molar-refractivity contribution >= 4 is 28.9 Å². The average molecular weight is 345 g/mol. The highest BCUT2D eigenvalue weighted by Crippen LogP contribution is 2.33. The Labute approximate surface area is 132 Å². The van der Waals surface area contributed by atoms with Crippen LogP contribution in [0.25, 0.3) is 0 Å². The predicted molar refractivity (Wildman–Crippen MR) is 77.5 cm³/mol. The zero-order chi connectivity index (χ0) is 17.2. The Balaban J connectivity index is 2.18. The third-order valence-corrected chi connectivity index (χ3v) is 3.20. The number of halogens is 4. The Hall–Kier alpha value is -2.61. The summed E-state index contributed by atoms with van der Waals surface area (Å²) in [4.78, 5) is 21.9. The van der Waals surface area contributed by atoms with Crippen LogP contribution in [0.1, 0.15) is 15.9 Å². The van der Waals surface area contributed by atoms with Crippen molar-refractivity contribution in [2.24, 2.45) is 0 Å². The molecule has 120 valence electrons. The Morgan fingerprint density at radius 3 is 2.22 bits per heavy atom. The zero-order valence-corrected chi connectivity index (χ0v) is 12.0. The summed E-state index contributed by atoms with van der Waals surface area (Å²) in [7, 11) is 0. The van der Waals surface area contributed by atoms with E-state index in [9.17, 15) is 28.1 Å². The van der Waals surface area contributed by atoms with Gasteiger partial charge in [-0.1, -0.05) is 11.6 Å². The summed E-state index contributed by atoms with van der Waals surface area (Å²) in [6, 6.07) is 7.27. The largest absolute Gasteiger partial charge is 0.416 e. The fourth-order valence-electron chi connectivity index (χ4n) is 1.72. The molecule has 2 aromatic rings. The molecule has 0 saturated heterocycles. The van der Waals surface area contributed by atoms with Crippen LogP contribution in [0.2, 0.25) is 5.02 Å². The van der Waals surface area contributed by atoms with Crippen LogP contribution in [0.4, 0.5) is 24.5 Å². The number of carbonyl (C=O) groups is 1. The first-order chi connectivity index (χ1) is 10.7. The van der Waals surface area contributed by atoms with E-state index in [4.69, 9.17) is 11.6 Å². The minimum Gasteiger partial charge on any atom is -0.321 e. The number of benzene rings is 2. The highest BCUT2D eigenvalue weighted by Gasteiger charge is 2.31. The molecule has 0 bridgehead atoms. The van der Waals surface area contributed by atoms with E-state index in [1.807, 2.05) is 0 Å². The maximum atomic E-state index is 12.5. The molecule has 0 unspecified atom stereocenters. The summed E-state index contributed by atoms with van der Waals surface area (Å²) >= 11 is 5.73. The first-order valence-corrected chi connectivity index (χ1v) is 6.49. The van der Waals surface area contributed by atoms with Gasteiger partial charge >= 0.3 is 6.18 Å². The normalized spacial score (nSPS) is 11.1. The third kappa shape index (κ3) is 3.98. The molecule has 2 aromatic carbocycles. The first kappa shape index (κ1) is 16.8. The molecule has 0 fully saturated rings. The van der Waals surface area contributed by atoms with Crippen LogP contribution in [0.5, 0.6) is 0 Å². The molecule has 1 amide bonds. The second kappa shape index (κ2) is 6.25. The number of nitro benzene ring substituents is 1. The van der Waals surface area contributed by atoms with Crippen LogP contribution in [0.3, 0.4) is 0 Å². The number of nitro groups is 1. The topological polar surface area (TPSA) is 72.2 Å². The summed E-state index contributed by atoms with van der Waals surface area (Å²) in [5.74, 6) is -0.651. The SMILES string of the molecule is O=C(Nc1ccc(C(F)(F)F)cc1Cl)c1ccc([N+](=O)[O-])cc1. The number of amides is 1. The van der Waals surface area contributed by atoms with Crippen molar-refractivity contribution in [1.29, 1.82) is 0 Å². The van der Waals surface area contributed by atoms with Gasteiger partial charge in [-0.2, -0.15) is 13.2 Å². The highest BCUT2D eigenvalue weighted by molar-refractivity contribution is 6.34. The Kier molecular flexibility index (Phi) is 4.55. The lowest BCUT2D eigenvalue weighted by molar-refractivity contribution is -0.384.